The first-order valence-electron chi connectivity index (χ1n) is 12.6. The normalized spacial score (nSPS) is 24.5. The minimum Gasteiger partial charge on any atom is -0.480 e. The van der Waals surface area contributed by atoms with Crippen molar-refractivity contribution >= 4 is 5.97 Å². The summed E-state index contributed by atoms with van der Waals surface area (Å²) in [5, 5.41) is 33.1. The number of rotatable bonds is 20. The number of hydrogen-bond donors (Lipinski definition) is 4. The number of aliphatic hydroxyl groups excluding tert-OH is 2. The second-order valence-electron chi connectivity index (χ2n) is 8.83. The smallest absolute Gasteiger partial charge is 0.323 e. The third kappa shape index (κ3) is 11.6. The second kappa shape index (κ2) is 17.8. The van der Waals surface area contributed by atoms with Crippen molar-refractivity contribution in [3.8, 4) is 0 Å². The number of carboxylic acids is 1. The van der Waals surface area contributed by atoms with Crippen molar-refractivity contribution in [2.75, 3.05) is 13.2 Å². The highest BCUT2D eigenvalue weighted by atomic mass is 16.7. The van der Waals surface area contributed by atoms with E-state index in [4.69, 9.17) is 9.47 Å². The zero-order chi connectivity index (χ0) is 22.9. The molecule has 0 aromatic carbocycles. The molecule has 1 fully saturated rings. The summed E-state index contributed by atoms with van der Waals surface area (Å²) in [6.45, 7) is 5.35. The minimum absolute atomic E-state index is 0.430. The molecule has 1 heterocycles. The van der Waals surface area contributed by atoms with Gasteiger partial charge in [-0.15, -0.1) is 0 Å². The molecule has 5 atom stereocenters. The van der Waals surface area contributed by atoms with Crippen molar-refractivity contribution < 1.29 is 29.6 Å². The van der Waals surface area contributed by atoms with Crippen LogP contribution in [0, 0.1) is 0 Å². The van der Waals surface area contributed by atoms with Crippen LogP contribution in [0.25, 0.3) is 0 Å². The van der Waals surface area contributed by atoms with E-state index >= 15 is 0 Å². The first-order valence-corrected chi connectivity index (χ1v) is 12.6. The molecule has 0 radical (unpaired) electrons. The Balaban J connectivity index is 2.28. The summed E-state index contributed by atoms with van der Waals surface area (Å²) in [4.78, 5) is 11.7. The lowest BCUT2D eigenvalue weighted by Gasteiger charge is -2.23. The topological polar surface area (TPSA) is 108 Å². The third-order valence-electron chi connectivity index (χ3n) is 6.03. The molecule has 0 bridgehead atoms. The summed E-state index contributed by atoms with van der Waals surface area (Å²) >= 11 is 0. The van der Waals surface area contributed by atoms with Crippen LogP contribution < -0.4 is 5.32 Å². The summed E-state index contributed by atoms with van der Waals surface area (Å²) in [6, 6.07) is -1.07. The number of carboxylic acid groups (broad SMARTS) is 1. The Hall–Kier alpha value is -0.730. The molecular formula is C24H47NO6. The molecule has 0 aromatic rings. The van der Waals surface area contributed by atoms with E-state index in [1.165, 1.54) is 51.4 Å². The van der Waals surface area contributed by atoms with E-state index in [0.717, 1.165) is 38.5 Å². The molecule has 0 aromatic heterocycles. The molecule has 0 saturated carbocycles. The fraction of sp³-hybridized carbons (Fsp3) is 0.958. The SMILES string of the molecule is CCCCCCCCCCO[C@@H]1O[C@@H]([C@H](NCCCCCCCC)C(=O)O)[C@H](O)[C@H]1O. The maximum Gasteiger partial charge on any atom is 0.323 e. The van der Waals surface area contributed by atoms with Crippen molar-refractivity contribution in [3.63, 3.8) is 0 Å². The van der Waals surface area contributed by atoms with Gasteiger partial charge in [-0.3, -0.25) is 4.79 Å². The van der Waals surface area contributed by atoms with E-state index in [9.17, 15) is 20.1 Å². The number of hydrogen-bond acceptors (Lipinski definition) is 6. The molecule has 0 unspecified atom stereocenters. The molecule has 1 rings (SSSR count). The zero-order valence-electron chi connectivity index (χ0n) is 19.8. The van der Waals surface area contributed by atoms with Crippen LogP contribution >= 0.6 is 0 Å². The predicted octanol–water partition coefficient (Wildman–Crippen LogP) is 3.99. The fourth-order valence-corrected chi connectivity index (χ4v) is 4.03. The molecule has 7 heteroatoms. The summed E-state index contributed by atoms with van der Waals surface area (Å²) in [7, 11) is 0. The lowest BCUT2D eigenvalue weighted by atomic mass is 10.0. The quantitative estimate of drug-likeness (QED) is 0.210. The average Bonchev–Trinajstić information content (AvgIpc) is 3.02. The molecular weight excluding hydrogens is 398 g/mol. The van der Waals surface area contributed by atoms with Gasteiger partial charge in [0.15, 0.2) is 6.29 Å². The van der Waals surface area contributed by atoms with Gasteiger partial charge in [-0.2, -0.15) is 0 Å². The van der Waals surface area contributed by atoms with E-state index < -0.39 is 36.6 Å². The van der Waals surface area contributed by atoms with Gasteiger partial charge in [0.25, 0.3) is 0 Å². The molecule has 7 nitrogen and oxygen atoms in total. The Morgan fingerprint density at radius 1 is 0.839 bits per heavy atom. The van der Waals surface area contributed by atoms with E-state index in [1.54, 1.807) is 0 Å². The standard InChI is InChI=1S/C24H47NO6/c1-3-5-7-9-11-12-14-16-18-30-24-21(27)20(26)22(31-24)19(23(28)29)25-17-15-13-10-8-6-4-2/h19-22,24-27H,3-18H2,1-2H3,(H,28,29)/t19-,20+,21+,22-,24+/m0/s1. The molecule has 4 N–H and O–H groups in total. The number of aliphatic carboxylic acids is 1. The molecule has 0 aliphatic carbocycles. The lowest BCUT2D eigenvalue weighted by molar-refractivity contribution is -0.174. The van der Waals surface area contributed by atoms with E-state index in [-0.39, 0.29) is 0 Å². The number of aliphatic hydroxyl groups is 2. The average molecular weight is 446 g/mol. The highest BCUT2D eigenvalue weighted by molar-refractivity contribution is 5.74. The Morgan fingerprint density at radius 3 is 1.90 bits per heavy atom. The van der Waals surface area contributed by atoms with Gasteiger partial charge in [0.2, 0.25) is 0 Å². The predicted molar refractivity (Wildman–Crippen MR) is 122 cm³/mol. The maximum atomic E-state index is 11.7. The monoisotopic (exact) mass is 445 g/mol. The van der Waals surface area contributed by atoms with Crippen LogP contribution in [0.4, 0.5) is 0 Å². The summed E-state index contributed by atoms with van der Waals surface area (Å²) in [5.74, 6) is -1.09. The molecule has 184 valence electrons. The zero-order valence-corrected chi connectivity index (χ0v) is 19.8. The number of carbonyl (C=O) groups is 1. The third-order valence-corrected chi connectivity index (χ3v) is 6.03. The fourth-order valence-electron chi connectivity index (χ4n) is 4.03. The van der Waals surface area contributed by atoms with Crippen molar-refractivity contribution in [2.24, 2.45) is 0 Å². The summed E-state index contributed by atoms with van der Waals surface area (Å²) in [6.07, 6.45) is 11.6. The number of nitrogens with one attached hydrogen (secondary N) is 1. The van der Waals surface area contributed by atoms with Crippen molar-refractivity contribution in [2.45, 2.75) is 134 Å². The van der Waals surface area contributed by atoms with E-state index in [1.807, 2.05) is 0 Å². The van der Waals surface area contributed by atoms with Crippen LogP contribution in [-0.4, -0.2) is 65.1 Å². The van der Waals surface area contributed by atoms with Gasteiger partial charge in [0, 0.05) is 6.61 Å². The van der Waals surface area contributed by atoms with Gasteiger partial charge in [-0.05, 0) is 19.4 Å². The molecule has 31 heavy (non-hydrogen) atoms. The molecule has 1 aliphatic heterocycles. The van der Waals surface area contributed by atoms with Crippen LogP contribution in [0.5, 0.6) is 0 Å². The Labute approximate surface area is 188 Å². The summed E-state index contributed by atoms with van der Waals surface area (Å²) in [5.41, 5.74) is 0. The lowest BCUT2D eigenvalue weighted by Crippen LogP contribution is -2.51. The van der Waals surface area contributed by atoms with Gasteiger partial charge in [0.1, 0.15) is 24.4 Å². The van der Waals surface area contributed by atoms with E-state index in [2.05, 4.69) is 19.2 Å². The van der Waals surface area contributed by atoms with Gasteiger partial charge >= 0.3 is 5.97 Å². The van der Waals surface area contributed by atoms with Gasteiger partial charge in [-0.1, -0.05) is 90.9 Å². The molecule has 1 aliphatic rings. The van der Waals surface area contributed by atoms with Crippen LogP contribution in [0.1, 0.15) is 104 Å². The Kier molecular flexibility index (Phi) is 16.2. The Bertz CT molecular complexity index is 450. The van der Waals surface area contributed by atoms with Gasteiger partial charge in [-0.25, -0.2) is 0 Å². The molecule has 0 amide bonds. The Morgan fingerprint density at radius 2 is 1.35 bits per heavy atom. The largest absolute Gasteiger partial charge is 0.480 e. The van der Waals surface area contributed by atoms with Crippen LogP contribution in [0.15, 0.2) is 0 Å². The molecule has 1 saturated heterocycles. The van der Waals surface area contributed by atoms with E-state index in [0.29, 0.717) is 13.2 Å². The first-order chi connectivity index (χ1) is 15.0. The second-order valence-corrected chi connectivity index (χ2v) is 8.83. The molecule has 0 spiro atoms. The van der Waals surface area contributed by atoms with Crippen LogP contribution in [-0.2, 0) is 14.3 Å². The maximum absolute atomic E-state index is 11.7. The first kappa shape index (κ1) is 28.3. The highest BCUT2D eigenvalue weighted by Gasteiger charge is 2.48. The van der Waals surface area contributed by atoms with Crippen LogP contribution in [0.3, 0.4) is 0 Å². The van der Waals surface area contributed by atoms with Crippen molar-refractivity contribution in [1.82, 2.24) is 5.32 Å². The van der Waals surface area contributed by atoms with Gasteiger partial charge in [0.05, 0.1) is 0 Å². The van der Waals surface area contributed by atoms with Crippen molar-refractivity contribution in [3.05, 3.63) is 0 Å². The van der Waals surface area contributed by atoms with Crippen LogP contribution in [0.2, 0.25) is 0 Å². The minimum atomic E-state index is -1.29. The van der Waals surface area contributed by atoms with Crippen molar-refractivity contribution in [1.29, 1.82) is 0 Å². The number of ether oxygens (including phenoxy) is 2. The number of unbranched alkanes of at least 4 members (excludes halogenated alkanes) is 12. The van der Waals surface area contributed by atoms with Gasteiger partial charge < -0.3 is 30.1 Å². The highest BCUT2D eigenvalue weighted by Crippen LogP contribution is 2.25. The summed E-state index contributed by atoms with van der Waals surface area (Å²) < 4.78 is 11.2.